The van der Waals surface area contributed by atoms with Crippen LogP contribution in [0.2, 0.25) is 0 Å². The smallest absolute Gasteiger partial charge is 0.217 e. The van der Waals surface area contributed by atoms with Crippen LogP contribution in [0, 0.1) is 33.8 Å². The van der Waals surface area contributed by atoms with Gasteiger partial charge in [0, 0.05) is 50.0 Å². The molecule has 0 fully saturated rings. The summed E-state index contributed by atoms with van der Waals surface area (Å²) in [5.41, 5.74) is 6.87. The van der Waals surface area contributed by atoms with Crippen LogP contribution in [0.15, 0.2) is 60.8 Å². The summed E-state index contributed by atoms with van der Waals surface area (Å²) in [6, 6.07) is 21.3. The number of rotatable bonds is 3. The number of aryl methyl sites for hydroxylation is 4. The average molecular weight is 655 g/mol. The summed E-state index contributed by atoms with van der Waals surface area (Å²) in [5, 5.41) is 12.4. The molecule has 0 saturated heterocycles. The molecule has 0 radical (unpaired) electrons. The molecule has 4 aromatic heterocycles. The molecular weight excluding hydrogens is 631 g/mol. The van der Waals surface area contributed by atoms with Crippen LogP contribution in [0.3, 0.4) is 0 Å². The molecule has 0 atom stereocenters. The first-order chi connectivity index (χ1) is 16.9. The summed E-state index contributed by atoms with van der Waals surface area (Å²) in [7, 11) is 0. The number of phenolic OH excluding ortho intramolecular Hbond substituents is 1. The maximum atomic E-state index is 10.5. The van der Waals surface area contributed by atoms with Gasteiger partial charge < -0.3 is 19.4 Å². The summed E-state index contributed by atoms with van der Waals surface area (Å²) < 4.78 is 8.25. The van der Waals surface area contributed by atoms with Crippen molar-refractivity contribution in [2.75, 3.05) is 0 Å². The Kier molecular flexibility index (Phi) is 6.01. The van der Waals surface area contributed by atoms with Crippen LogP contribution in [0.25, 0.3) is 38.7 Å². The predicted molar refractivity (Wildman–Crippen MR) is 138 cm³/mol. The first kappa shape index (κ1) is 24.0. The van der Waals surface area contributed by atoms with Gasteiger partial charge in [-0.05, 0) is 78.3 Å². The van der Waals surface area contributed by atoms with Gasteiger partial charge >= 0.3 is 0 Å². The molecule has 0 spiro atoms. The molecule has 6 rings (SSSR count). The summed E-state index contributed by atoms with van der Waals surface area (Å²) in [4.78, 5) is 14.1. The zero-order valence-electron chi connectivity index (χ0n) is 20.2. The molecule has 1 N–H and O–H groups in total. The number of benzene rings is 2. The van der Waals surface area contributed by atoms with E-state index in [-0.39, 0.29) is 26.8 Å². The summed E-state index contributed by atoms with van der Waals surface area (Å²) in [6.07, 6.45) is 1.81. The van der Waals surface area contributed by atoms with Crippen LogP contribution < -0.4 is 4.74 Å². The maximum Gasteiger partial charge on any atom is 0.217 e. The van der Waals surface area contributed by atoms with Crippen LogP contribution in [-0.4, -0.2) is 24.6 Å². The normalized spacial score (nSPS) is 11.2. The number of hydrogen-bond acceptors (Lipinski definition) is 5. The van der Waals surface area contributed by atoms with Crippen molar-refractivity contribution in [3.8, 4) is 23.2 Å². The second kappa shape index (κ2) is 9.03. The topological polar surface area (TPSA) is 73.1 Å². The third-order valence-corrected chi connectivity index (χ3v) is 6.28. The van der Waals surface area contributed by atoms with Gasteiger partial charge in [0.25, 0.3) is 0 Å². The summed E-state index contributed by atoms with van der Waals surface area (Å²) >= 11 is 0. The number of nitrogens with zero attached hydrogens (tertiary/aromatic N) is 4. The first-order valence-electron chi connectivity index (χ1n) is 11.4. The van der Waals surface area contributed by atoms with Gasteiger partial charge in [-0.25, -0.2) is 9.97 Å². The van der Waals surface area contributed by atoms with Crippen molar-refractivity contribution in [2.45, 2.75) is 27.7 Å². The number of aromatic nitrogens is 4. The molecule has 36 heavy (non-hydrogen) atoms. The molecule has 4 heterocycles. The predicted octanol–water partition coefficient (Wildman–Crippen LogP) is 6.65. The van der Waals surface area contributed by atoms with E-state index in [0.717, 1.165) is 49.8 Å². The zero-order valence-corrected chi connectivity index (χ0v) is 22.5. The van der Waals surface area contributed by atoms with Crippen molar-refractivity contribution in [1.82, 2.24) is 19.5 Å². The third kappa shape index (κ3) is 3.92. The Balaban J connectivity index is 0.00000267. The Morgan fingerprint density at radius 3 is 2.44 bits per heavy atom. The van der Waals surface area contributed by atoms with E-state index in [1.165, 1.54) is 0 Å². The van der Waals surface area contributed by atoms with Crippen molar-refractivity contribution < 1.29 is 30.9 Å². The van der Waals surface area contributed by atoms with Crippen LogP contribution in [0.5, 0.6) is 17.4 Å². The molecule has 0 aliphatic heterocycles. The molecule has 6 aromatic rings. The van der Waals surface area contributed by atoms with E-state index in [1.54, 1.807) is 6.07 Å². The number of pyridine rings is 3. The fourth-order valence-electron chi connectivity index (χ4n) is 4.43. The van der Waals surface area contributed by atoms with E-state index in [2.05, 4.69) is 45.7 Å². The molecule has 0 aliphatic carbocycles. The minimum atomic E-state index is 0. The number of fused-ring (bicyclic) bond motifs is 4. The van der Waals surface area contributed by atoms with E-state index < -0.39 is 0 Å². The van der Waals surface area contributed by atoms with Crippen molar-refractivity contribution in [2.24, 2.45) is 0 Å². The van der Waals surface area contributed by atoms with Crippen molar-refractivity contribution >= 4 is 32.8 Å². The minimum Gasteiger partial charge on any atom is -0.505 e. The van der Waals surface area contributed by atoms with E-state index in [1.807, 2.05) is 57.3 Å². The number of hydrogen-bond donors (Lipinski definition) is 1. The van der Waals surface area contributed by atoms with E-state index in [0.29, 0.717) is 22.8 Å². The van der Waals surface area contributed by atoms with Crippen molar-refractivity contribution in [1.29, 1.82) is 0 Å². The average Bonchev–Trinajstić information content (AvgIpc) is 3.14. The van der Waals surface area contributed by atoms with Crippen LogP contribution in [0.4, 0.5) is 0 Å². The second-order valence-corrected chi connectivity index (χ2v) is 8.95. The van der Waals surface area contributed by atoms with Gasteiger partial charge in [0.05, 0.1) is 0 Å². The SMILES string of the molecule is Cc1ccnc(-n2c3[c-]c(Oc4ccc5ccc(C)c(O)c5n4)c(C)nc3c3cc(C)ccc32)c1.[Pt]. The van der Waals surface area contributed by atoms with Gasteiger partial charge in [-0.3, -0.25) is 0 Å². The molecule has 182 valence electrons. The summed E-state index contributed by atoms with van der Waals surface area (Å²) in [6.45, 7) is 7.87. The summed E-state index contributed by atoms with van der Waals surface area (Å²) in [5.74, 6) is 1.80. The maximum absolute atomic E-state index is 10.5. The van der Waals surface area contributed by atoms with Crippen LogP contribution >= 0.6 is 0 Å². The van der Waals surface area contributed by atoms with Gasteiger partial charge in [-0.1, -0.05) is 36.8 Å². The Hall–Kier alpha value is -3.76. The van der Waals surface area contributed by atoms with E-state index in [9.17, 15) is 5.11 Å². The Morgan fingerprint density at radius 2 is 1.64 bits per heavy atom. The largest absolute Gasteiger partial charge is 0.505 e. The van der Waals surface area contributed by atoms with E-state index in [4.69, 9.17) is 9.72 Å². The molecular formula is C29H23N4O2Pt-. The molecule has 0 unspecified atom stereocenters. The molecule has 0 amide bonds. The molecule has 6 nitrogen and oxygen atoms in total. The minimum absolute atomic E-state index is 0. The second-order valence-electron chi connectivity index (χ2n) is 8.95. The molecule has 0 bridgehead atoms. The van der Waals surface area contributed by atoms with E-state index >= 15 is 0 Å². The fourth-order valence-corrected chi connectivity index (χ4v) is 4.43. The fraction of sp³-hybridized carbons (Fsp3) is 0.138. The van der Waals surface area contributed by atoms with Crippen molar-refractivity contribution in [3.63, 3.8) is 0 Å². The molecule has 0 saturated carbocycles. The quantitative estimate of drug-likeness (QED) is 0.217. The van der Waals surface area contributed by atoms with Gasteiger partial charge in [0.1, 0.15) is 17.1 Å². The Morgan fingerprint density at radius 1 is 0.861 bits per heavy atom. The van der Waals surface area contributed by atoms with Crippen LogP contribution in [-0.2, 0) is 21.1 Å². The third-order valence-electron chi connectivity index (χ3n) is 6.28. The van der Waals surface area contributed by atoms with Gasteiger partial charge in [0.15, 0.2) is 0 Å². The number of phenols is 1. The Bertz CT molecular complexity index is 1790. The first-order valence-corrected chi connectivity index (χ1v) is 11.4. The molecule has 0 aliphatic rings. The zero-order chi connectivity index (χ0) is 24.3. The van der Waals surface area contributed by atoms with Gasteiger partial charge in [0.2, 0.25) is 5.88 Å². The van der Waals surface area contributed by atoms with Crippen molar-refractivity contribution in [3.05, 3.63) is 89.2 Å². The molecule has 2 aromatic carbocycles. The standard InChI is InChI=1S/C29H23N4O2.Pt/c1-16-5-9-22-21(13-16)28-23(33(22)25-14-17(2)11-12-30-25)15-24(19(4)31-28)35-26-10-8-20-7-6-18(3)29(34)27(20)32-26;/h5-14,34H,1-4H3;/q-1;. The Labute approximate surface area is 222 Å². The van der Waals surface area contributed by atoms with Gasteiger partial charge in [-0.15, -0.1) is 6.07 Å². The molecule has 7 heteroatoms. The van der Waals surface area contributed by atoms with Crippen LogP contribution in [0.1, 0.15) is 22.4 Å². The number of ether oxygens (including phenoxy) is 1. The van der Waals surface area contributed by atoms with Gasteiger partial charge in [-0.2, -0.15) is 0 Å². The number of aromatic hydroxyl groups is 1. The monoisotopic (exact) mass is 654 g/mol.